The Morgan fingerprint density at radius 2 is 1.26 bits per heavy atom. The van der Waals surface area contributed by atoms with Crippen molar-refractivity contribution < 1.29 is 9.59 Å². The highest BCUT2D eigenvalue weighted by Gasteiger charge is 2.38. The number of carbonyl (C=O) groups excluding carboxylic acids is 2. The maximum absolute atomic E-state index is 12.6. The standard InChI is InChI=1S/C17H25N3O2.ClH/c1-11(2)9-19-13-7-5-6-8-14(13)20(10-12(3)4)17(22)15(18)16(19)21;/h5-8,11-12,15H,9-10,18H2,1-4H3;1H. The van der Waals surface area contributed by atoms with E-state index in [0.29, 0.717) is 13.1 Å². The van der Waals surface area contributed by atoms with Crippen LogP contribution in [-0.4, -0.2) is 30.9 Å². The fraction of sp³-hybridized carbons (Fsp3) is 0.529. The van der Waals surface area contributed by atoms with E-state index in [9.17, 15) is 9.59 Å². The van der Waals surface area contributed by atoms with Gasteiger partial charge in [0.25, 0.3) is 11.8 Å². The molecule has 2 N–H and O–H groups in total. The van der Waals surface area contributed by atoms with Crippen LogP contribution in [0.15, 0.2) is 24.3 Å². The fourth-order valence-electron chi connectivity index (χ4n) is 2.71. The lowest BCUT2D eigenvalue weighted by molar-refractivity contribution is -0.128. The molecule has 0 aliphatic carbocycles. The lowest BCUT2D eigenvalue weighted by Crippen LogP contribution is -2.52. The number of amides is 2. The van der Waals surface area contributed by atoms with Crippen LogP contribution in [-0.2, 0) is 9.59 Å². The minimum Gasteiger partial charge on any atom is -0.312 e. The first-order valence-corrected chi connectivity index (χ1v) is 7.80. The Labute approximate surface area is 144 Å². The molecule has 0 fully saturated rings. The third kappa shape index (κ3) is 4.03. The molecule has 0 aromatic heterocycles. The van der Waals surface area contributed by atoms with Crippen molar-refractivity contribution in [1.82, 2.24) is 0 Å². The molecule has 0 bridgehead atoms. The Balaban J connectivity index is 0.00000264. The molecule has 128 valence electrons. The van der Waals surface area contributed by atoms with E-state index in [4.69, 9.17) is 5.73 Å². The molecule has 0 saturated carbocycles. The number of anilines is 2. The third-order valence-corrected chi connectivity index (χ3v) is 3.62. The Bertz CT molecular complexity index is 526. The smallest absolute Gasteiger partial charge is 0.253 e. The second-order valence-electron chi connectivity index (χ2n) is 6.65. The molecule has 6 heteroatoms. The maximum atomic E-state index is 12.6. The highest BCUT2D eigenvalue weighted by molar-refractivity contribution is 6.20. The molecule has 0 radical (unpaired) electrons. The van der Waals surface area contributed by atoms with E-state index >= 15 is 0 Å². The van der Waals surface area contributed by atoms with Gasteiger partial charge in [-0.2, -0.15) is 0 Å². The van der Waals surface area contributed by atoms with E-state index in [1.54, 1.807) is 9.80 Å². The molecule has 0 spiro atoms. The van der Waals surface area contributed by atoms with Gasteiger partial charge in [0.05, 0.1) is 11.4 Å². The van der Waals surface area contributed by atoms with Crippen LogP contribution in [0.3, 0.4) is 0 Å². The Hall–Kier alpha value is -1.59. The van der Waals surface area contributed by atoms with Gasteiger partial charge in [0.15, 0.2) is 6.04 Å². The van der Waals surface area contributed by atoms with Gasteiger partial charge < -0.3 is 15.5 Å². The molecule has 1 aromatic carbocycles. The maximum Gasteiger partial charge on any atom is 0.253 e. The van der Waals surface area contributed by atoms with Gasteiger partial charge in [0.1, 0.15) is 0 Å². The zero-order valence-electron chi connectivity index (χ0n) is 14.2. The van der Waals surface area contributed by atoms with Gasteiger partial charge in [-0.15, -0.1) is 12.4 Å². The van der Waals surface area contributed by atoms with Crippen molar-refractivity contribution in [3.05, 3.63) is 24.3 Å². The average molecular weight is 340 g/mol. The lowest BCUT2D eigenvalue weighted by atomic mass is 10.1. The summed E-state index contributed by atoms with van der Waals surface area (Å²) in [5.74, 6) is -0.0678. The van der Waals surface area contributed by atoms with E-state index in [-0.39, 0.29) is 36.1 Å². The molecule has 1 aliphatic heterocycles. The van der Waals surface area contributed by atoms with Crippen LogP contribution in [0, 0.1) is 11.8 Å². The van der Waals surface area contributed by atoms with Crippen molar-refractivity contribution in [2.75, 3.05) is 22.9 Å². The highest BCUT2D eigenvalue weighted by Crippen LogP contribution is 2.33. The predicted octanol–water partition coefficient (Wildman–Crippen LogP) is 2.43. The molecule has 23 heavy (non-hydrogen) atoms. The molecule has 2 rings (SSSR count). The first-order valence-electron chi connectivity index (χ1n) is 7.80. The predicted molar refractivity (Wildman–Crippen MR) is 96.0 cm³/mol. The number of carbonyl (C=O) groups is 2. The van der Waals surface area contributed by atoms with Crippen molar-refractivity contribution in [1.29, 1.82) is 0 Å². The molecular weight excluding hydrogens is 314 g/mol. The fourth-order valence-corrected chi connectivity index (χ4v) is 2.71. The number of rotatable bonds is 4. The highest BCUT2D eigenvalue weighted by atomic mass is 35.5. The molecule has 5 nitrogen and oxygen atoms in total. The van der Waals surface area contributed by atoms with Gasteiger partial charge in [-0.05, 0) is 24.0 Å². The minimum atomic E-state index is -1.13. The normalized spacial score (nSPS) is 15.8. The molecular formula is C17H26ClN3O2. The molecule has 0 saturated heterocycles. The van der Waals surface area contributed by atoms with E-state index in [0.717, 1.165) is 11.4 Å². The van der Waals surface area contributed by atoms with E-state index in [1.165, 1.54) is 0 Å². The molecule has 1 heterocycles. The number of fused-ring (bicyclic) bond motifs is 1. The molecule has 1 aliphatic rings. The first kappa shape index (κ1) is 19.5. The van der Waals surface area contributed by atoms with E-state index in [1.807, 2.05) is 52.0 Å². The number of para-hydroxylation sites is 2. The second kappa shape index (κ2) is 7.79. The SMILES string of the molecule is CC(C)CN1C(=O)C(N)C(=O)N(CC(C)C)c2ccccc21.Cl. The minimum absolute atomic E-state index is 0. The van der Waals surface area contributed by atoms with Gasteiger partial charge in [-0.1, -0.05) is 39.8 Å². The summed E-state index contributed by atoms with van der Waals surface area (Å²) in [7, 11) is 0. The number of nitrogens with zero attached hydrogens (tertiary/aromatic N) is 2. The number of benzene rings is 1. The van der Waals surface area contributed by atoms with Gasteiger partial charge in [0, 0.05) is 13.1 Å². The summed E-state index contributed by atoms with van der Waals surface area (Å²) in [5, 5.41) is 0. The van der Waals surface area contributed by atoms with Crippen LogP contribution in [0.1, 0.15) is 27.7 Å². The average Bonchev–Trinajstić information content (AvgIpc) is 2.53. The van der Waals surface area contributed by atoms with Crippen molar-refractivity contribution in [2.45, 2.75) is 33.7 Å². The summed E-state index contributed by atoms with van der Waals surface area (Å²) >= 11 is 0. The largest absolute Gasteiger partial charge is 0.312 e. The van der Waals surface area contributed by atoms with Crippen molar-refractivity contribution >= 4 is 35.6 Å². The molecule has 1 aromatic rings. The van der Waals surface area contributed by atoms with E-state index in [2.05, 4.69) is 0 Å². The number of hydrogen-bond acceptors (Lipinski definition) is 3. The summed E-state index contributed by atoms with van der Waals surface area (Å²) in [4.78, 5) is 28.6. The topological polar surface area (TPSA) is 66.6 Å². The van der Waals surface area contributed by atoms with Gasteiger partial charge in [-0.3, -0.25) is 9.59 Å². The van der Waals surface area contributed by atoms with Crippen molar-refractivity contribution in [3.8, 4) is 0 Å². The van der Waals surface area contributed by atoms with Gasteiger partial charge in [-0.25, -0.2) is 0 Å². The zero-order valence-corrected chi connectivity index (χ0v) is 15.0. The lowest BCUT2D eigenvalue weighted by Gasteiger charge is -2.27. The van der Waals surface area contributed by atoms with Crippen LogP contribution in [0.5, 0.6) is 0 Å². The van der Waals surface area contributed by atoms with Crippen LogP contribution in [0.25, 0.3) is 0 Å². The third-order valence-electron chi connectivity index (χ3n) is 3.62. The van der Waals surface area contributed by atoms with Crippen LogP contribution < -0.4 is 15.5 Å². The van der Waals surface area contributed by atoms with Crippen molar-refractivity contribution in [3.63, 3.8) is 0 Å². The van der Waals surface area contributed by atoms with Crippen LogP contribution in [0.2, 0.25) is 0 Å². The van der Waals surface area contributed by atoms with Crippen molar-refractivity contribution in [2.24, 2.45) is 17.6 Å². The Morgan fingerprint density at radius 1 is 0.913 bits per heavy atom. The monoisotopic (exact) mass is 339 g/mol. The summed E-state index contributed by atoms with van der Waals surface area (Å²) in [6.07, 6.45) is 0. The zero-order chi connectivity index (χ0) is 16.4. The molecule has 0 atom stereocenters. The van der Waals surface area contributed by atoms with Crippen LogP contribution in [0.4, 0.5) is 11.4 Å². The summed E-state index contributed by atoms with van der Waals surface area (Å²) in [6.45, 7) is 9.26. The van der Waals surface area contributed by atoms with Gasteiger partial charge >= 0.3 is 0 Å². The first-order chi connectivity index (χ1) is 10.3. The number of hydrogen-bond donors (Lipinski definition) is 1. The van der Waals surface area contributed by atoms with Crippen LogP contribution >= 0.6 is 12.4 Å². The summed E-state index contributed by atoms with van der Waals surface area (Å²) in [6, 6.07) is 6.40. The quantitative estimate of drug-likeness (QED) is 0.857. The Kier molecular flexibility index (Phi) is 6.59. The second-order valence-corrected chi connectivity index (χ2v) is 6.65. The summed E-state index contributed by atoms with van der Waals surface area (Å²) in [5.41, 5.74) is 7.48. The summed E-state index contributed by atoms with van der Waals surface area (Å²) < 4.78 is 0. The molecule has 2 amide bonds. The van der Waals surface area contributed by atoms with E-state index < -0.39 is 6.04 Å². The Morgan fingerprint density at radius 3 is 1.57 bits per heavy atom. The number of halogens is 1. The van der Waals surface area contributed by atoms with Gasteiger partial charge in [0.2, 0.25) is 0 Å². The number of nitrogens with two attached hydrogens (primary N) is 1. The molecule has 0 unspecified atom stereocenters.